The van der Waals surface area contributed by atoms with Crippen molar-refractivity contribution >= 4 is 11.6 Å². The van der Waals surface area contributed by atoms with E-state index in [1.807, 2.05) is 0 Å². The molecule has 0 spiro atoms. The van der Waals surface area contributed by atoms with Gasteiger partial charge in [0.2, 0.25) is 0 Å². The molecule has 138 valence electrons. The highest BCUT2D eigenvalue weighted by atomic mass is 19.1. The van der Waals surface area contributed by atoms with Gasteiger partial charge in [-0.3, -0.25) is 9.59 Å². The van der Waals surface area contributed by atoms with Crippen molar-refractivity contribution in [1.82, 2.24) is 0 Å². The van der Waals surface area contributed by atoms with Gasteiger partial charge in [0.25, 0.3) is 0 Å². The van der Waals surface area contributed by atoms with Crippen LogP contribution < -0.4 is 0 Å². The molecular formula is C21H29FO3. The Morgan fingerprint density at radius 2 is 2.04 bits per heavy atom. The summed E-state index contributed by atoms with van der Waals surface area (Å²) in [6.07, 6.45) is 3.81. The number of rotatable bonds is 1. The fourth-order valence-corrected chi connectivity index (χ4v) is 7.36. The Kier molecular flexibility index (Phi) is 3.81. The minimum absolute atomic E-state index is 0.00244. The van der Waals surface area contributed by atoms with Crippen molar-refractivity contribution in [2.45, 2.75) is 71.6 Å². The van der Waals surface area contributed by atoms with Gasteiger partial charge in [-0.15, -0.1) is 0 Å². The van der Waals surface area contributed by atoms with E-state index in [4.69, 9.17) is 0 Å². The van der Waals surface area contributed by atoms with Crippen LogP contribution in [-0.4, -0.2) is 28.9 Å². The summed E-state index contributed by atoms with van der Waals surface area (Å²) in [6, 6.07) is 0. The molecule has 0 saturated heterocycles. The summed E-state index contributed by atoms with van der Waals surface area (Å²) in [4.78, 5) is 24.0. The van der Waals surface area contributed by atoms with Crippen LogP contribution in [-0.2, 0) is 9.59 Å². The summed E-state index contributed by atoms with van der Waals surface area (Å²) in [7, 11) is 0. The molecule has 1 unspecified atom stereocenters. The Balaban J connectivity index is 1.76. The maximum Gasteiger partial charge on any atom is 0.155 e. The summed E-state index contributed by atoms with van der Waals surface area (Å²) < 4.78 is 15.1. The van der Waals surface area contributed by atoms with E-state index in [9.17, 15) is 14.7 Å². The zero-order valence-corrected chi connectivity index (χ0v) is 15.4. The third-order valence-electron chi connectivity index (χ3n) is 8.36. The van der Waals surface area contributed by atoms with Crippen molar-refractivity contribution in [2.75, 3.05) is 0 Å². The van der Waals surface area contributed by atoms with Crippen LogP contribution in [0.15, 0.2) is 11.6 Å². The quantitative estimate of drug-likeness (QED) is 0.787. The number of halogens is 1. The Bertz CT molecular complexity index is 656. The lowest BCUT2D eigenvalue weighted by Crippen LogP contribution is -2.58. The van der Waals surface area contributed by atoms with Gasteiger partial charge < -0.3 is 5.11 Å². The Morgan fingerprint density at radius 1 is 1.32 bits per heavy atom. The van der Waals surface area contributed by atoms with E-state index in [1.165, 1.54) is 6.08 Å². The number of hydrogen-bond acceptors (Lipinski definition) is 3. The first-order valence-corrected chi connectivity index (χ1v) is 9.76. The van der Waals surface area contributed by atoms with Crippen LogP contribution in [0.2, 0.25) is 0 Å². The van der Waals surface area contributed by atoms with E-state index in [0.717, 1.165) is 12.8 Å². The van der Waals surface area contributed by atoms with Gasteiger partial charge in [-0.25, -0.2) is 4.39 Å². The molecule has 0 amide bonds. The smallest absolute Gasteiger partial charge is 0.155 e. The van der Waals surface area contributed by atoms with Crippen LogP contribution in [0, 0.1) is 34.5 Å². The fourth-order valence-electron chi connectivity index (χ4n) is 7.36. The van der Waals surface area contributed by atoms with Crippen LogP contribution in [0.4, 0.5) is 4.39 Å². The molecule has 4 rings (SSSR count). The second kappa shape index (κ2) is 5.48. The predicted octanol–water partition coefficient (Wildman–Crippen LogP) is 3.64. The lowest BCUT2D eigenvalue weighted by atomic mass is 9.45. The Labute approximate surface area is 149 Å². The number of carbonyl (C=O) groups excluding carboxylic acids is 2. The van der Waals surface area contributed by atoms with Crippen molar-refractivity contribution in [1.29, 1.82) is 0 Å². The van der Waals surface area contributed by atoms with Gasteiger partial charge in [-0.1, -0.05) is 13.8 Å². The number of carbonyl (C=O) groups is 2. The molecule has 0 bridgehead atoms. The molecule has 0 aromatic carbocycles. The normalized spacial score (nSPS) is 52.0. The van der Waals surface area contributed by atoms with E-state index < -0.39 is 17.7 Å². The van der Waals surface area contributed by atoms with Crippen molar-refractivity contribution in [2.24, 2.45) is 34.5 Å². The van der Waals surface area contributed by atoms with Crippen LogP contribution in [0.3, 0.4) is 0 Å². The third kappa shape index (κ3) is 2.25. The van der Waals surface area contributed by atoms with Crippen molar-refractivity contribution in [3.8, 4) is 0 Å². The maximum absolute atomic E-state index is 15.1. The molecule has 25 heavy (non-hydrogen) atoms. The van der Waals surface area contributed by atoms with E-state index in [-0.39, 0.29) is 34.7 Å². The average Bonchev–Trinajstić information content (AvgIpc) is 2.85. The summed E-state index contributed by atoms with van der Waals surface area (Å²) in [6.45, 7) is 5.85. The van der Waals surface area contributed by atoms with Gasteiger partial charge in [0.05, 0.1) is 6.10 Å². The van der Waals surface area contributed by atoms with Crippen LogP contribution in [0.1, 0.15) is 59.3 Å². The topological polar surface area (TPSA) is 54.4 Å². The molecule has 3 saturated carbocycles. The van der Waals surface area contributed by atoms with E-state index in [2.05, 4.69) is 13.8 Å². The zero-order chi connectivity index (χ0) is 18.1. The Hall–Kier alpha value is -1.03. The van der Waals surface area contributed by atoms with Crippen molar-refractivity contribution in [3.63, 3.8) is 0 Å². The molecule has 0 aromatic rings. The highest BCUT2D eigenvalue weighted by Gasteiger charge is 2.64. The average molecular weight is 348 g/mol. The molecule has 3 fully saturated rings. The predicted molar refractivity (Wildman–Crippen MR) is 92.5 cm³/mol. The molecule has 8 atom stereocenters. The molecule has 4 aliphatic rings. The lowest BCUT2D eigenvalue weighted by Gasteiger charge is -2.60. The molecule has 0 heterocycles. The van der Waals surface area contributed by atoms with Gasteiger partial charge in [0, 0.05) is 12.3 Å². The Morgan fingerprint density at radius 3 is 2.72 bits per heavy atom. The number of allylic oxidation sites excluding steroid dienone is 1. The van der Waals surface area contributed by atoms with Gasteiger partial charge in [-0.05, 0) is 79.3 Å². The lowest BCUT2D eigenvalue weighted by molar-refractivity contribution is -0.148. The van der Waals surface area contributed by atoms with Gasteiger partial charge in [0.1, 0.15) is 12.0 Å². The summed E-state index contributed by atoms with van der Waals surface area (Å²) in [5.74, 6) is 0.610. The second-order valence-electron chi connectivity index (χ2n) is 9.50. The maximum atomic E-state index is 15.1. The third-order valence-corrected chi connectivity index (χ3v) is 8.36. The van der Waals surface area contributed by atoms with Crippen LogP contribution in [0.25, 0.3) is 0 Å². The minimum Gasteiger partial charge on any atom is -0.393 e. The van der Waals surface area contributed by atoms with Gasteiger partial charge in [-0.2, -0.15) is 0 Å². The van der Waals surface area contributed by atoms with Crippen molar-refractivity contribution in [3.05, 3.63) is 11.6 Å². The molecular weight excluding hydrogens is 319 g/mol. The number of hydrogen-bond donors (Lipinski definition) is 1. The van der Waals surface area contributed by atoms with Crippen LogP contribution in [0.5, 0.6) is 0 Å². The molecule has 0 aliphatic heterocycles. The number of aliphatic hydroxyl groups excluding tert-OH is 1. The molecule has 4 heteroatoms. The first-order chi connectivity index (χ1) is 11.7. The fraction of sp³-hybridized carbons (Fsp3) is 0.810. The highest BCUT2D eigenvalue weighted by Crippen LogP contribution is 2.66. The largest absolute Gasteiger partial charge is 0.393 e. The standard InChI is InChI=1S/C21H29FO3/c1-11(23)14-4-5-15-13-9-17(22)16-8-12(24)6-7-20(16,2)19(13)18(25)10-21(14,15)3/h8,13-15,17-19,25H,4-7,9-10H2,1-3H3/t13-,14+,15-,17?,18-,19+,20-,21+/m0/s1. The van der Waals surface area contributed by atoms with E-state index in [1.54, 1.807) is 6.92 Å². The van der Waals surface area contributed by atoms with Crippen LogP contribution >= 0.6 is 0 Å². The molecule has 0 aromatic heterocycles. The first kappa shape index (κ1) is 17.4. The number of aliphatic hydroxyl groups is 1. The summed E-state index contributed by atoms with van der Waals surface area (Å²) in [5.41, 5.74) is -0.0202. The number of fused-ring (bicyclic) bond motifs is 5. The van der Waals surface area contributed by atoms with E-state index >= 15 is 4.39 Å². The van der Waals surface area contributed by atoms with Crippen molar-refractivity contribution < 1.29 is 19.1 Å². The number of ketones is 2. The number of Topliss-reactive ketones (excluding diaryl/α,β-unsaturated/α-hetero) is 1. The molecule has 3 nitrogen and oxygen atoms in total. The minimum atomic E-state index is -1.10. The van der Waals surface area contributed by atoms with E-state index in [0.29, 0.717) is 37.2 Å². The monoisotopic (exact) mass is 348 g/mol. The highest BCUT2D eigenvalue weighted by molar-refractivity contribution is 5.92. The SMILES string of the molecule is CC(=O)[C@H]1CC[C@H]2[C@@H]3CC(F)C4=CC(=O)CC[C@]4(C)[C@H]3[C@@H](O)C[C@]12C. The molecule has 1 N–H and O–H groups in total. The molecule has 4 aliphatic carbocycles. The first-order valence-electron chi connectivity index (χ1n) is 9.76. The summed E-state index contributed by atoms with van der Waals surface area (Å²) in [5, 5.41) is 11.1. The second-order valence-corrected chi connectivity index (χ2v) is 9.50. The van der Waals surface area contributed by atoms with Gasteiger partial charge >= 0.3 is 0 Å². The summed E-state index contributed by atoms with van der Waals surface area (Å²) >= 11 is 0. The molecule has 0 radical (unpaired) electrons. The zero-order valence-electron chi connectivity index (χ0n) is 15.4. The number of alkyl halides is 1. The van der Waals surface area contributed by atoms with Gasteiger partial charge in [0.15, 0.2) is 5.78 Å².